The summed E-state index contributed by atoms with van der Waals surface area (Å²) in [4.78, 5) is 40.8. The smallest absolute Gasteiger partial charge is 0.262 e. The molecule has 2 aromatic rings. The number of carbonyl (C=O) groups is 3. The third kappa shape index (κ3) is 5.14. The number of para-hydroxylation sites is 2. The number of fused-ring (bicyclic) bond motifs is 1. The van der Waals surface area contributed by atoms with Crippen LogP contribution in [-0.4, -0.2) is 62.0 Å². The Balaban J connectivity index is 1.67. The second-order valence-electron chi connectivity index (χ2n) is 7.17. The number of nitrogens with one attached hydrogen (secondary N) is 2. The Labute approximate surface area is 182 Å². The van der Waals surface area contributed by atoms with E-state index in [-0.39, 0.29) is 30.8 Å². The normalized spacial score (nSPS) is 14.8. The van der Waals surface area contributed by atoms with Gasteiger partial charge in [0, 0.05) is 31.4 Å². The highest BCUT2D eigenvalue weighted by Crippen LogP contribution is 2.33. The Hall–Kier alpha value is -3.55. The Morgan fingerprint density at radius 3 is 2.39 bits per heavy atom. The van der Waals surface area contributed by atoms with Gasteiger partial charge < -0.3 is 25.2 Å². The predicted molar refractivity (Wildman–Crippen MR) is 119 cm³/mol. The third-order valence-corrected chi connectivity index (χ3v) is 5.20. The minimum atomic E-state index is -0.696. The molecular formula is C23H28N4O4. The molecule has 2 N–H and O–H groups in total. The van der Waals surface area contributed by atoms with E-state index in [2.05, 4.69) is 10.6 Å². The lowest BCUT2D eigenvalue weighted by Crippen LogP contribution is -2.50. The molecule has 0 bridgehead atoms. The molecule has 1 aliphatic heterocycles. The standard InChI is InChI=1S/C23H28N4O4/c1-4-26(5-2)23(30)16-10-12-17(13-11-16)25-21(28)15-27-14-20(22(29)24-3)31-19-9-7-6-8-18(19)27/h6-13,20H,4-5,14-15H2,1-3H3,(H,24,29)(H,25,28)/t20-/m0/s1. The Morgan fingerprint density at radius 1 is 1.06 bits per heavy atom. The van der Waals surface area contributed by atoms with Gasteiger partial charge in [-0.15, -0.1) is 0 Å². The van der Waals surface area contributed by atoms with Crippen LogP contribution in [0.3, 0.4) is 0 Å². The maximum Gasteiger partial charge on any atom is 0.262 e. The number of likely N-dealkylation sites (N-methyl/N-ethyl adjacent to an activating group) is 1. The molecule has 0 saturated heterocycles. The minimum Gasteiger partial charge on any atom is -0.477 e. The van der Waals surface area contributed by atoms with Crippen LogP contribution in [0.25, 0.3) is 0 Å². The molecule has 164 valence electrons. The van der Waals surface area contributed by atoms with E-state index in [0.29, 0.717) is 30.1 Å². The molecule has 0 spiro atoms. The summed E-state index contributed by atoms with van der Waals surface area (Å²) in [5.74, 6) is 0.0611. The number of hydrogen-bond acceptors (Lipinski definition) is 5. The highest BCUT2D eigenvalue weighted by molar-refractivity contribution is 5.97. The second-order valence-corrected chi connectivity index (χ2v) is 7.17. The molecular weight excluding hydrogens is 396 g/mol. The molecule has 1 heterocycles. The van der Waals surface area contributed by atoms with Gasteiger partial charge in [-0.3, -0.25) is 14.4 Å². The second kappa shape index (κ2) is 9.97. The van der Waals surface area contributed by atoms with Gasteiger partial charge in [0.15, 0.2) is 6.10 Å². The Kier molecular flexibility index (Phi) is 7.12. The van der Waals surface area contributed by atoms with E-state index >= 15 is 0 Å². The van der Waals surface area contributed by atoms with Gasteiger partial charge in [0.1, 0.15) is 5.75 Å². The van der Waals surface area contributed by atoms with Crippen molar-refractivity contribution in [2.75, 3.05) is 43.4 Å². The number of ether oxygens (including phenoxy) is 1. The SMILES string of the molecule is CCN(CC)C(=O)c1ccc(NC(=O)CN2C[C@@H](C(=O)NC)Oc3ccccc32)cc1. The van der Waals surface area contributed by atoms with Crippen LogP contribution in [0.2, 0.25) is 0 Å². The summed E-state index contributed by atoms with van der Waals surface area (Å²) in [6.07, 6.45) is -0.696. The van der Waals surface area contributed by atoms with Crippen LogP contribution in [0.15, 0.2) is 48.5 Å². The van der Waals surface area contributed by atoms with Crippen molar-refractivity contribution in [1.82, 2.24) is 10.2 Å². The lowest BCUT2D eigenvalue weighted by Gasteiger charge is -2.35. The topological polar surface area (TPSA) is 91.0 Å². The first-order chi connectivity index (χ1) is 15.0. The van der Waals surface area contributed by atoms with Crippen LogP contribution in [0.5, 0.6) is 5.75 Å². The number of nitrogens with zero attached hydrogens (tertiary/aromatic N) is 2. The number of carbonyl (C=O) groups excluding carboxylic acids is 3. The molecule has 0 saturated carbocycles. The van der Waals surface area contributed by atoms with E-state index in [4.69, 9.17) is 4.74 Å². The average Bonchev–Trinajstić information content (AvgIpc) is 2.79. The molecule has 1 aliphatic rings. The van der Waals surface area contributed by atoms with Crippen molar-refractivity contribution in [2.24, 2.45) is 0 Å². The highest BCUT2D eigenvalue weighted by atomic mass is 16.5. The Bertz CT molecular complexity index is 941. The third-order valence-electron chi connectivity index (χ3n) is 5.20. The molecule has 1 atom stereocenters. The summed E-state index contributed by atoms with van der Waals surface area (Å²) in [7, 11) is 1.55. The summed E-state index contributed by atoms with van der Waals surface area (Å²) in [6.45, 7) is 5.50. The van der Waals surface area contributed by atoms with Gasteiger partial charge in [-0.2, -0.15) is 0 Å². The molecule has 0 aliphatic carbocycles. The average molecular weight is 425 g/mol. The monoisotopic (exact) mass is 424 g/mol. The molecule has 0 radical (unpaired) electrons. The van der Waals surface area contributed by atoms with Gasteiger partial charge in [0.2, 0.25) is 5.91 Å². The quantitative estimate of drug-likeness (QED) is 0.711. The van der Waals surface area contributed by atoms with Crippen molar-refractivity contribution in [3.63, 3.8) is 0 Å². The van der Waals surface area contributed by atoms with E-state index in [1.807, 2.05) is 36.9 Å². The van der Waals surface area contributed by atoms with Crippen molar-refractivity contribution < 1.29 is 19.1 Å². The van der Waals surface area contributed by atoms with E-state index in [9.17, 15) is 14.4 Å². The van der Waals surface area contributed by atoms with E-state index in [1.54, 1.807) is 42.3 Å². The zero-order valence-electron chi connectivity index (χ0n) is 18.1. The maximum atomic E-state index is 12.7. The van der Waals surface area contributed by atoms with Gasteiger partial charge in [-0.25, -0.2) is 0 Å². The van der Waals surface area contributed by atoms with Gasteiger partial charge >= 0.3 is 0 Å². The van der Waals surface area contributed by atoms with Crippen LogP contribution in [0.1, 0.15) is 24.2 Å². The summed E-state index contributed by atoms with van der Waals surface area (Å²) in [5.41, 5.74) is 1.95. The summed E-state index contributed by atoms with van der Waals surface area (Å²) >= 11 is 0. The maximum absolute atomic E-state index is 12.7. The Morgan fingerprint density at radius 2 is 1.74 bits per heavy atom. The van der Waals surface area contributed by atoms with Crippen molar-refractivity contribution in [3.05, 3.63) is 54.1 Å². The minimum absolute atomic E-state index is 0.0342. The van der Waals surface area contributed by atoms with E-state index in [0.717, 1.165) is 5.69 Å². The number of benzene rings is 2. The summed E-state index contributed by atoms with van der Waals surface area (Å²) in [6, 6.07) is 14.2. The first-order valence-electron chi connectivity index (χ1n) is 10.4. The zero-order chi connectivity index (χ0) is 22.4. The van der Waals surface area contributed by atoms with Crippen LogP contribution in [-0.2, 0) is 9.59 Å². The molecule has 8 nitrogen and oxygen atoms in total. The number of hydrogen-bond donors (Lipinski definition) is 2. The molecule has 3 amide bonds. The van der Waals surface area contributed by atoms with Gasteiger partial charge in [-0.05, 0) is 50.2 Å². The van der Waals surface area contributed by atoms with Crippen molar-refractivity contribution in [1.29, 1.82) is 0 Å². The van der Waals surface area contributed by atoms with Crippen LogP contribution in [0.4, 0.5) is 11.4 Å². The number of anilines is 2. The molecule has 0 aromatic heterocycles. The van der Waals surface area contributed by atoms with Crippen molar-refractivity contribution in [3.8, 4) is 5.75 Å². The first kappa shape index (κ1) is 22.1. The molecule has 31 heavy (non-hydrogen) atoms. The number of rotatable bonds is 7. The zero-order valence-corrected chi connectivity index (χ0v) is 18.1. The number of amides is 3. The van der Waals surface area contributed by atoms with E-state index in [1.165, 1.54) is 0 Å². The summed E-state index contributed by atoms with van der Waals surface area (Å²) in [5, 5.41) is 5.44. The summed E-state index contributed by atoms with van der Waals surface area (Å²) < 4.78 is 5.77. The lowest BCUT2D eigenvalue weighted by atomic mass is 10.1. The molecule has 2 aromatic carbocycles. The molecule has 0 unspecified atom stereocenters. The van der Waals surface area contributed by atoms with E-state index < -0.39 is 6.10 Å². The fourth-order valence-electron chi connectivity index (χ4n) is 3.52. The van der Waals surface area contributed by atoms with Crippen LogP contribution in [0, 0.1) is 0 Å². The van der Waals surface area contributed by atoms with Crippen molar-refractivity contribution >= 4 is 29.1 Å². The molecule has 0 fully saturated rings. The van der Waals surface area contributed by atoms with Gasteiger partial charge in [0.25, 0.3) is 11.8 Å². The first-order valence-corrected chi connectivity index (χ1v) is 10.4. The molecule has 8 heteroatoms. The fourth-order valence-corrected chi connectivity index (χ4v) is 3.52. The molecule has 3 rings (SSSR count). The van der Waals surface area contributed by atoms with Gasteiger partial charge in [-0.1, -0.05) is 12.1 Å². The van der Waals surface area contributed by atoms with Crippen LogP contribution >= 0.6 is 0 Å². The largest absolute Gasteiger partial charge is 0.477 e. The predicted octanol–water partition coefficient (Wildman–Crippen LogP) is 2.12. The lowest BCUT2D eigenvalue weighted by molar-refractivity contribution is -0.127. The van der Waals surface area contributed by atoms with Crippen molar-refractivity contribution in [2.45, 2.75) is 20.0 Å². The highest BCUT2D eigenvalue weighted by Gasteiger charge is 2.31. The fraction of sp³-hybridized carbons (Fsp3) is 0.348. The van der Waals surface area contributed by atoms with Gasteiger partial charge in [0.05, 0.1) is 18.8 Å². The van der Waals surface area contributed by atoms with Crippen LogP contribution < -0.4 is 20.3 Å².